The lowest BCUT2D eigenvalue weighted by Crippen LogP contribution is -2.32. The predicted octanol–water partition coefficient (Wildman–Crippen LogP) is 3.42. The van der Waals surface area contributed by atoms with Crippen molar-refractivity contribution in [2.75, 3.05) is 31.3 Å². The fraction of sp³-hybridized carbons (Fsp3) is 0.417. The molecule has 1 aliphatic carbocycles. The van der Waals surface area contributed by atoms with Gasteiger partial charge in [-0.1, -0.05) is 0 Å². The maximum absolute atomic E-state index is 13.5. The van der Waals surface area contributed by atoms with Crippen LogP contribution in [-0.2, 0) is 16.1 Å². The standard InChI is InChI=1S/C24H27F3N6O4/c1-13(24(25,26)27)33-7-6-18-20(23(33)36)17(12-32(18)8-9-37-3)30-16-10-19(31-21(34)14-4-5-14)29-11-15(16)22(35)28-2/h6-7,10-14H,4-5,8-9H2,1-3H3,(H,28,35)(H2,29,30,31,34)/i2D3. The van der Waals surface area contributed by atoms with Gasteiger partial charge in [-0.2, -0.15) is 13.2 Å². The van der Waals surface area contributed by atoms with Gasteiger partial charge in [0.25, 0.3) is 11.5 Å². The van der Waals surface area contributed by atoms with E-state index < -0.39 is 30.7 Å². The van der Waals surface area contributed by atoms with E-state index in [1.54, 1.807) is 4.57 Å². The molecule has 3 heterocycles. The van der Waals surface area contributed by atoms with Gasteiger partial charge >= 0.3 is 6.18 Å². The number of pyridine rings is 2. The first kappa shape index (κ1) is 22.3. The Morgan fingerprint density at radius 1 is 1.32 bits per heavy atom. The van der Waals surface area contributed by atoms with Crippen LogP contribution in [-0.4, -0.2) is 52.8 Å². The van der Waals surface area contributed by atoms with Gasteiger partial charge in [-0.15, -0.1) is 0 Å². The number of halogens is 3. The van der Waals surface area contributed by atoms with E-state index in [-0.39, 0.29) is 53.1 Å². The summed E-state index contributed by atoms with van der Waals surface area (Å²) in [6, 6.07) is 0.535. The van der Waals surface area contributed by atoms with Crippen LogP contribution < -0.4 is 21.5 Å². The highest BCUT2D eigenvalue weighted by atomic mass is 19.4. The van der Waals surface area contributed by atoms with Gasteiger partial charge in [-0.05, 0) is 25.8 Å². The van der Waals surface area contributed by atoms with E-state index in [2.05, 4.69) is 15.6 Å². The SMILES string of the molecule is [2H]C([2H])([2H])NC(=O)c1cnc(NC(=O)C2CC2)cc1Nc1cn(CCOC)c2ccn(C(C)C(F)(F)F)c(=O)c12. The van der Waals surface area contributed by atoms with E-state index in [4.69, 9.17) is 8.85 Å². The fourth-order valence-corrected chi connectivity index (χ4v) is 3.85. The monoisotopic (exact) mass is 523 g/mol. The Morgan fingerprint density at radius 2 is 2.08 bits per heavy atom. The Balaban J connectivity index is 1.84. The summed E-state index contributed by atoms with van der Waals surface area (Å²) in [5, 5.41) is 7.27. The number of methoxy groups -OCH3 is 1. The molecule has 37 heavy (non-hydrogen) atoms. The summed E-state index contributed by atoms with van der Waals surface area (Å²) in [4.78, 5) is 42.5. The Bertz CT molecular complexity index is 1500. The van der Waals surface area contributed by atoms with Gasteiger partial charge in [0.15, 0.2) is 0 Å². The van der Waals surface area contributed by atoms with Crippen LogP contribution in [0.5, 0.6) is 0 Å². The summed E-state index contributed by atoms with van der Waals surface area (Å²) < 4.78 is 69.8. The lowest BCUT2D eigenvalue weighted by molar-refractivity contribution is -0.163. The minimum Gasteiger partial charge on any atom is -0.383 e. The number of anilines is 3. The van der Waals surface area contributed by atoms with E-state index in [0.717, 1.165) is 32.2 Å². The molecule has 0 saturated heterocycles. The highest BCUT2D eigenvalue weighted by Gasteiger charge is 2.38. The highest BCUT2D eigenvalue weighted by Crippen LogP contribution is 2.33. The summed E-state index contributed by atoms with van der Waals surface area (Å²) in [6.45, 7) is -1.50. The minimum absolute atomic E-state index is 0.0349. The molecule has 2 amide bonds. The topological polar surface area (TPSA) is 119 Å². The molecule has 1 unspecified atom stereocenters. The first-order chi connectivity index (χ1) is 18.7. The number of carbonyl (C=O) groups excluding carboxylic acids is 2. The number of hydrogen-bond acceptors (Lipinski definition) is 6. The Hall–Kier alpha value is -3.87. The van der Waals surface area contributed by atoms with E-state index in [0.29, 0.717) is 10.1 Å². The number of aromatic nitrogens is 3. The van der Waals surface area contributed by atoms with Crippen LogP contribution in [0.25, 0.3) is 10.9 Å². The van der Waals surface area contributed by atoms with Crippen LogP contribution in [0.4, 0.5) is 30.4 Å². The second-order valence-electron chi connectivity index (χ2n) is 8.69. The summed E-state index contributed by atoms with van der Waals surface area (Å²) >= 11 is 0. The maximum atomic E-state index is 13.5. The predicted molar refractivity (Wildman–Crippen MR) is 131 cm³/mol. The van der Waals surface area contributed by atoms with Gasteiger partial charge in [-0.3, -0.25) is 14.4 Å². The maximum Gasteiger partial charge on any atom is 0.408 e. The average Bonchev–Trinajstić information content (AvgIpc) is 3.64. The molecule has 0 spiro atoms. The zero-order valence-corrected chi connectivity index (χ0v) is 20.0. The number of alkyl halides is 3. The van der Waals surface area contributed by atoms with Crippen molar-refractivity contribution in [2.24, 2.45) is 5.92 Å². The van der Waals surface area contributed by atoms with E-state index in [1.165, 1.54) is 25.4 Å². The average molecular weight is 524 g/mol. The number of ether oxygens (including phenoxy) is 1. The molecule has 0 aliphatic heterocycles. The summed E-state index contributed by atoms with van der Waals surface area (Å²) in [6.07, 6.45) is 0.342. The molecular weight excluding hydrogens is 493 g/mol. The molecule has 198 valence electrons. The van der Waals surface area contributed by atoms with E-state index in [1.807, 2.05) is 5.32 Å². The van der Waals surface area contributed by atoms with Crippen molar-refractivity contribution in [1.29, 1.82) is 0 Å². The van der Waals surface area contributed by atoms with Crippen molar-refractivity contribution < 1.29 is 31.6 Å². The molecule has 1 aliphatic rings. The van der Waals surface area contributed by atoms with Crippen molar-refractivity contribution in [2.45, 2.75) is 38.5 Å². The summed E-state index contributed by atoms with van der Waals surface area (Å²) in [7, 11) is 1.47. The molecule has 0 radical (unpaired) electrons. The number of amides is 2. The number of rotatable bonds is 9. The molecule has 4 rings (SSSR count). The third-order valence-corrected chi connectivity index (χ3v) is 6.12. The van der Waals surface area contributed by atoms with Crippen molar-refractivity contribution >= 4 is 39.9 Å². The van der Waals surface area contributed by atoms with Gasteiger partial charge in [-0.25, -0.2) is 4.98 Å². The molecule has 1 fully saturated rings. The fourth-order valence-electron chi connectivity index (χ4n) is 3.85. The molecule has 13 heteroatoms. The van der Waals surface area contributed by atoms with Crippen molar-refractivity contribution in [3.8, 4) is 0 Å². The first-order valence-electron chi connectivity index (χ1n) is 12.9. The Morgan fingerprint density at radius 3 is 2.73 bits per heavy atom. The minimum atomic E-state index is -4.69. The smallest absolute Gasteiger partial charge is 0.383 e. The number of nitrogens with one attached hydrogen (secondary N) is 3. The van der Waals surface area contributed by atoms with Crippen LogP contribution in [0.1, 0.15) is 40.3 Å². The second kappa shape index (κ2) is 10.2. The largest absolute Gasteiger partial charge is 0.408 e. The van der Waals surface area contributed by atoms with Gasteiger partial charge in [0.2, 0.25) is 5.91 Å². The Labute approximate surface area is 214 Å². The molecule has 3 aromatic rings. The quantitative estimate of drug-likeness (QED) is 0.396. The second-order valence-corrected chi connectivity index (χ2v) is 8.69. The molecule has 1 atom stereocenters. The van der Waals surface area contributed by atoms with Crippen LogP contribution in [0.15, 0.2) is 35.5 Å². The van der Waals surface area contributed by atoms with Crippen LogP contribution in [0.2, 0.25) is 0 Å². The van der Waals surface area contributed by atoms with Crippen LogP contribution >= 0.6 is 0 Å². The normalized spacial score (nSPS) is 16.0. The summed E-state index contributed by atoms with van der Waals surface area (Å²) in [5.41, 5.74) is -0.857. The van der Waals surface area contributed by atoms with Crippen molar-refractivity contribution in [3.05, 3.63) is 46.6 Å². The van der Waals surface area contributed by atoms with E-state index in [9.17, 15) is 27.6 Å². The van der Waals surface area contributed by atoms with Crippen molar-refractivity contribution in [3.63, 3.8) is 0 Å². The molecule has 3 N–H and O–H groups in total. The number of nitrogens with zero attached hydrogens (tertiary/aromatic N) is 3. The van der Waals surface area contributed by atoms with E-state index >= 15 is 0 Å². The third-order valence-electron chi connectivity index (χ3n) is 6.12. The first-order valence-corrected chi connectivity index (χ1v) is 11.4. The molecule has 0 bridgehead atoms. The Kier molecular flexibility index (Phi) is 6.18. The van der Waals surface area contributed by atoms with Crippen LogP contribution in [0, 0.1) is 5.92 Å². The lowest BCUT2D eigenvalue weighted by Gasteiger charge is -2.19. The zero-order chi connectivity index (χ0) is 29.4. The molecular formula is C24H27F3N6O4. The highest BCUT2D eigenvalue weighted by molar-refractivity contribution is 6.03. The summed E-state index contributed by atoms with van der Waals surface area (Å²) in [5.74, 6) is -1.42. The lowest BCUT2D eigenvalue weighted by atomic mass is 10.2. The number of fused-ring (bicyclic) bond motifs is 1. The number of carbonyl (C=O) groups is 2. The molecule has 0 aromatic carbocycles. The van der Waals surface area contributed by atoms with Gasteiger partial charge in [0.05, 0.1) is 34.4 Å². The molecule has 3 aromatic heterocycles. The molecule has 10 nitrogen and oxygen atoms in total. The van der Waals surface area contributed by atoms with Gasteiger partial charge < -0.3 is 29.8 Å². The third kappa shape index (κ3) is 5.45. The number of hydrogen-bond donors (Lipinski definition) is 3. The molecule has 1 saturated carbocycles. The van der Waals surface area contributed by atoms with Crippen LogP contribution in [0.3, 0.4) is 0 Å². The van der Waals surface area contributed by atoms with Crippen molar-refractivity contribution in [1.82, 2.24) is 19.4 Å². The van der Waals surface area contributed by atoms with Gasteiger partial charge in [0.1, 0.15) is 11.9 Å². The van der Waals surface area contributed by atoms with Gasteiger partial charge in [0, 0.05) is 55.3 Å². The zero-order valence-electron chi connectivity index (χ0n) is 23.0.